The minimum absolute atomic E-state index is 0. The highest BCUT2D eigenvalue weighted by atomic mass is 35.5. The Morgan fingerprint density at radius 2 is 1.85 bits per heavy atom. The van der Waals surface area contributed by atoms with Gasteiger partial charge in [-0.3, -0.25) is 9.59 Å². The normalized spacial score (nSPS) is 12.8. The molecule has 4 N–H and O–H groups in total. The second-order valence-corrected chi connectivity index (χ2v) is 6.68. The molecule has 2 rings (SSSR count). The molecule has 1 aromatic carbocycles. The molecule has 0 fully saturated rings. The monoisotopic (exact) mass is 415 g/mol. The van der Waals surface area contributed by atoms with Crippen molar-refractivity contribution in [3.63, 3.8) is 0 Å². The summed E-state index contributed by atoms with van der Waals surface area (Å²) in [6.45, 7) is 5.21. The van der Waals surface area contributed by atoms with Crippen LogP contribution in [-0.4, -0.2) is 34.5 Å². The number of hydrogen-bond donors (Lipinski definition) is 3. The van der Waals surface area contributed by atoms with Gasteiger partial charge in [-0.2, -0.15) is 4.98 Å². The van der Waals surface area contributed by atoms with E-state index in [0.717, 1.165) is 5.56 Å². The van der Waals surface area contributed by atoms with Gasteiger partial charge in [0.1, 0.15) is 0 Å². The Hall–Kier alpha value is -2.16. The number of benzene rings is 1. The summed E-state index contributed by atoms with van der Waals surface area (Å²) in [5, 5.41) is 9.68. The molecule has 0 aliphatic rings. The Bertz CT molecular complexity index is 764. The number of carbonyl (C=O) groups is 2. The van der Waals surface area contributed by atoms with Gasteiger partial charge >= 0.3 is 0 Å². The lowest BCUT2D eigenvalue weighted by atomic mass is 10.1. The van der Waals surface area contributed by atoms with E-state index in [-0.39, 0.29) is 36.7 Å². The van der Waals surface area contributed by atoms with Crippen LogP contribution in [0, 0.1) is 5.92 Å². The molecule has 8 nitrogen and oxygen atoms in total. The zero-order chi connectivity index (χ0) is 19.3. The number of hydrogen-bond acceptors (Lipinski definition) is 6. The van der Waals surface area contributed by atoms with Crippen molar-refractivity contribution in [1.82, 2.24) is 20.8 Å². The lowest BCUT2D eigenvalue weighted by Gasteiger charge is -2.16. The van der Waals surface area contributed by atoms with Gasteiger partial charge in [-0.1, -0.05) is 30.6 Å². The molecular weight excluding hydrogens is 393 g/mol. The molecule has 0 radical (unpaired) electrons. The van der Waals surface area contributed by atoms with Gasteiger partial charge in [0.25, 0.3) is 5.89 Å². The van der Waals surface area contributed by atoms with Gasteiger partial charge in [0.2, 0.25) is 11.8 Å². The number of carbonyl (C=O) groups excluding carboxylic acids is 2. The van der Waals surface area contributed by atoms with Crippen molar-refractivity contribution >= 4 is 35.8 Å². The predicted molar refractivity (Wildman–Crippen MR) is 104 cm³/mol. The molecule has 0 aliphatic heterocycles. The van der Waals surface area contributed by atoms with E-state index in [0.29, 0.717) is 16.7 Å². The minimum atomic E-state index is -0.653. The van der Waals surface area contributed by atoms with Gasteiger partial charge in [-0.15, -0.1) is 12.4 Å². The Morgan fingerprint density at radius 3 is 2.44 bits per heavy atom. The zero-order valence-electron chi connectivity index (χ0n) is 15.2. The number of nitrogens with two attached hydrogens (primary N) is 1. The Labute approximate surface area is 168 Å². The third kappa shape index (κ3) is 6.50. The molecule has 2 aromatic rings. The molecule has 2 amide bonds. The molecule has 0 aliphatic carbocycles. The molecule has 10 heteroatoms. The SMILES string of the molecule is CC(NC(=O)CNC(=O)[C@@H](N)C(C)C)c1noc(-c2ccc(Cl)cc2)n1.Cl. The molecule has 27 heavy (non-hydrogen) atoms. The lowest BCUT2D eigenvalue weighted by Crippen LogP contribution is -2.47. The van der Waals surface area contributed by atoms with Crippen molar-refractivity contribution in [2.45, 2.75) is 32.9 Å². The maximum absolute atomic E-state index is 12.0. The maximum atomic E-state index is 12.0. The van der Waals surface area contributed by atoms with E-state index in [9.17, 15) is 9.59 Å². The van der Waals surface area contributed by atoms with Crippen LogP contribution in [-0.2, 0) is 9.59 Å². The summed E-state index contributed by atoms with van der Waals surface area (Å²) < 4.78 is 5.21. The highest BCUT2D eigenvalue weighted by Crippen LogP contribution is 2.21. The minimum Gasteiger partial charge on any atom is -0.346 e. The topological polar surface area (TPSA) is 123 Å². The van der Waals surface area contributed by atoms with E-state index in [2.05, 4.69) is 20.8 Å². The van der Waals surface area contributed by atoms with Gasteiger partial charge < -0.3 is 20.9 Å². The van der Waals surface area contributed by atoms with Crippen molar-refractivity contribution in [3.05, 3.63) is 35.1 Å². The average Bonchev–Trinajstić information content (AvgIpc) is 3.09. The second kappa shape index (κ2) is 10.2. The third-order valence-electron chi connectivity index (χ3n) is 3.74. The number of rotatable bonds is 7. The fourth-order valence-electron chi connectivity index (χ4n) is 2.07. The second-order valence-electron chi connectivity index (χ2n) is 6.24. The van der Waals surface area contributed by atoms with Crippen LogP contribution in [0.3, 0.4) is 0 Å². The quantitative estimate of drug-likeness (QED) is 0.635. The molecule has 0 saturated carbocycles. The molecule has 1 unspecified atom stereocenters. The van der Waals surface area contributed by atoms with Crippen LogP contribution < -0.4 is 16.4 Å². The van der Waals surface area contributed by atoms with Crippen molar-refractivity contribution in [1.29, 1.82) is 0 Å². The smallest absolute Gasteiger partial charge is 0.257 e. The first-order valence-corrected chi connectivity index (χ1v) is 8.58. The highest BCUT2D eigenvalue weighted by molar-refractivity contribution is 6.30. The molecule has 1 heterocycles. The Balaban J connectivity index is 0.00000364. The fraction of sp³-hybridized carbons (Fsp3) is 0.412. The molecule has 0 saturated heterocycles. The van der Waals surface area contributed by atoms with E-state index in [1.807, 2.05) is 13.8 Å². The summed E-state index contributed by atoms with van der Waals surface area (Å²) >= 11 is 5.85. The summed E-state index contributed by atoms with van der Waals surface area (Å²) in [5.74, 6) is -0.0999. The van der Waals surface area contributed by atoms with E-state index in [1.165, 1.54) is 0 Å². The highest BCUT2D eigenvalue weighted by Gasteiger charge is 2.20. The molecule has 0 bridgehead atoms. The summed E-state index contributed by atoms with van der Waals surface area (Å²) in [6.07, 6.45) is 0. The fourth-order valence-corrected chi connectivity index (χ4v) is 2.19. The van der Waals surface area contributed by atoms with Crippen molar-refractivity contribution in [2.24, 2.45) is 11.7 Å². The number of aromatic nitrogens is 2. The molecule has 1 aromatic heterocycles. The molecular formula is C17H23Cl2N5O3. The van der Waals surface area contributed by atoms with Crippen molar-refractivity contribution < 1.29 is 14.1 Å². The van der Waals surface area contributed by atoms with Gasteiger partial charge in [-0.05, 0) is 37.1 Å². The van der Waals surface area contributed by atoms with Gasteiger partial charge in [0.15, 0.2) is 5.82 Å². The van der Waals surface area contributed by atoms with E-state index in [4.69, 9.17) is 21.9 Å². The third-order valence-corrected chi connectivity index (χ3v) is 3.99. The number of nitrogens with one attached hydrogen (secondary N) is 2. The van der Waals surface area contributed by atoms with Gasteiger partial charge in [0.05, 0.1) is 18.6 Å². The first-order chi connectivity index (χ1) is 12.3. The van der Waals surface area contributed by atoms with E-state index >= 15 is 0 Å². The summed E-state index contributed by atoms with van der Waals surface area (Å²) in [4.78, 5) is 28.0. The van der Waals surface area contributed by atoms with Crippen molar-refractivity contribution in [3.8, 4) is 11.5 Å². The number of nitrogens with zero attached hydrogens (tertiary/aromatic N) is 2. The van der Waals surface area contributed by atoms with E-state index < -0.39 is 12.1 Å². The molecule has 2 atom stereocenters. The van der Waals surface area contributed by atoms with Crippen LogP contribution in [0.2, 0.25) is 5.02 Å². The largest absolute Gasteiger partial charge is 0.346 e. The summed E-state index contributed by atoms with van der Waals surface area (Å²) in [5.41, 5.74) is 6.45. The zero-order valence-corrected chi connectivity index (χ0v) is 16.8. The van der Waals surface area contributed by atoms with Crippen LogP contribution in [0.4, 0.5) is 0 Å². The number of amides is 2. The van der Waals surface area contributed by atoms with Gasteiger partial charge in [-0.25, -0.2) is 0 Å². The predicted octanol–water partition coefficient (Wildman–Crippen LogP) is 2.09. The van der Waals surface area contributed by atoms with Crippen LogP contribution in [0.25, 0.3) is 11.5 Å². The van der Waals surface area contributed by atoms with Crippen LogP contribution >= 0.6 is 24.0 Å². The average molecular weight is 416 g/mol. The van der Waals surface area contributed by atoms with E-state index in [1.54, 1.807) is 31.2 Å². The number of halogens is 2. The standard InChI is InChI=1S/C17H22ClN5O3.ClH/c1-9(2)14(19)16(25)20-8-13(24)21-10(3)15-22-17(26-23-15)11-4-6-12(18)7-5-11;/h4-7,9-10,14H,8,19H2,1-3H3,(H,20,25)(H,21,24);1H/t10?,14-;/m0./s1. The Kier molecular flexibility index (Phi) is 8.68. The van der Waals surface area contributed by atoms with Gasteiger partial charge in [0, 0.05) is 10.6 Å². The maximum Gasteiger partial charge on any atom is 0.257 e. The van der Waals surface area contributed by atoms with Crippen LogP contribution in [0.1, 0.15) is 32.6 Å². The first-order valence-electron chi connectivity index (χ1n) is 8.20. The van der Waals surface area contributed by atoms with Crippen LogP contribution in [0.15, 0.2) is 28.8 Å². The van der Waals surface area contributed by atoms with Crippen LogP contribution in [0.5, 0.6) is 0 Å². The summed E-state index contributed by atoms with van der Waals surface area (Å²) in [7, 11) is 0. The molecule has 148 valence electrons. The summed E-state index contributed by atoms with van der Waals surface area (Å²) in [6, 6.07) is 5.82. The first kappa shape index (κ1) is 22.9. The lowest BCUT2D eigenvalue weighted by molar-refractivity contribution is -0.127. The Morgan fingerprint density at radius 1 is 1.22 bits per heavy atom. The van der Waals surface area contributed by atoms with Crippen molar-refractivity contribution in [2.75, 3.05) is 6.54 Å². The molecule has 0 spiro atoms.